The SMILES string of the molecule is CCN1CCN(C(=O)NC2CN(S(=O)(=O)O)C2=O)C(=O)C1=O.[NaH]. The molecule has 11 nitrogen and oxygen atoms in total. The first kappa shape index (κ1) is 19.8. The molecule has 2 N–H and O–H groups in total. The van der Waals surface area contributed by atoms with Crippen LogP contribution in [0.1, 0.15) is 6.92 Å². The Morgan fingerprint density at radius 2 is 1.87 bits per heavy atom. The summed E-state index contributed by atoms with van der Waals surface area (Å²) in [4.78, 5) is 48.7. The maximum absolute atomic E-state index is 11.9. The number of urea groups is 1. The van der Waals surface area contributed by atoms with Crippen LogP contribution in [0.3, 0.4) is 0 Å². The fourth-order valence-electron chi connectivity index (χ4n) is 2.11. The van der Waals surface area contributed by atoms with Gasteiger partial charge >= 0.3 is 57.7 Å². The van der Waals surface area contributed by atoms with Gasteiger partial charge in [0.15, 0.2) is 0 Å². The summed E-state index contributed by atoms with van der Waals surface area (Å²) in [5.41, 5.74) is 0. The predicted octanol–water partition coefficient (Wildman–Crippen LogP) is -3.25. The van der Waals surface area contributed by atoms with E-state index in [1.807, 2.05) is 0 Å². The summed E-state index contributed by atoms with van der Waals surface area (Å²) in [6.07, 6.45) is 0. The third-order valence-corrected chi connectivity index (χ3v) is 4.29. The van der Waals surface area contributed by atoms with E-state index in [0.717, 1.165) is 0 Å². The average Bonchev–Trinajstić information content (AvgIpc) is 2.43. The number of nitrogens with one attached hydrogen (secondary N) is 1. The fraction of sp³-hybridized carbons (Fsp3) is 0.600. The van der Waals surface area contributed by atoms with E-state index in [9.17, 15) is 27.6 Å². The van der Waals surface area contributed by atoms with E-state index in [2.05, 4.69) is 5.32 Å². The van der Waals surface area contributed by atoms with Crippen molar-refractivity contribution in [2.24, 2.45) is 0 Å². The van der Waals surface area contributed by atoms with Gasteiger partial charge in [0.05, 0.1) is 6.54 Å². The van der Waals surface area contributed by atoms with Gasteiger partial charge in [-0.15, -0.1) is 0 Å². The number of nitrogens with zero attached hydrogens (tertiary/aromatic N) is 3. The van der Waals surface area contributed by atoms with Gasteiger partial charge in [-0.2, -0.15) is 8.42 Å². The molecule has 23 heavy (non-hydrogen) atoms. The Balaban J connectivity index is 0.00000264. The fourth-order valence-corrected chi connectivity index (χ4v) is 2.80. The maximum atomic E-state index is 11.9. The Morgan fingerprint density at radius 1 is 1.26 bits per heavy atom. The molecule has 124 valence electrons. The van der Waals surface area contributed by atoms with Gasteiger partial charge in [0, 0.05) is 19.6 Å². The second kappa shape index (κ2) is 7.13. The zero-order valence-electron chi connectivity index (χ0n) is 11.6. The first-order valence-electron chi connectivity index (χ1n) is 6.37. The van der Waals surface area contributed by atoms with Crippen LogP contribution in [0, 0.1) is 0 Å². The molecule has 1 unspecified atom stereocenters. The first-order chi connectivity index (χ1) is 10.2. The van der Waals surface area contributed by atoms with E-state index < -0.39 is 46.6 Å². The van der Waals surface area contributed by atoms with Gasteiger partial charge < -0.3 is 10.2 Å². The van der Waals surface area contributed by atoms with Crippen LogP contribution < -0.4 is 5.32 Å². The van der Waals surface area contributed by atoms with Crippen molar-refractivity contribution in [2.45, 2.75) is 13.0 Å². The molecular weight excluding hydrogens is 343 g/mol. The Kier molecular flexibility index (Phi) is 6.15. The first-order valence-corrected chi connectivity index (χ1v) is 7.76. The Morgan fingerprint density at radius 3 is 2.35 bits per heavy atom. The number of hydrogen-bond donors (Lipinski definition) is 2. The van der Waals surface area contributed by atoms with Gasteiger partial charge in [0.2, 0.25) is 0 Å². The summed E-state index contributed by atoms with van der Waals surface area (Å²) in [7, 11) is -4.65. The molecule has 0 spiro atoms. The minimum absolute atomic E-state index is 0. The Bertz CT molecular complexity index is 652. The summed E-state index contributed by atoms with van der Waals surface area (Å²) >= 11 is 0. The molecule has 2 rings (SSSR count). The topological polar surface area (TPSA) is 144 Å². The van der Waals surface area contributed by atoms with Crippen LogP contribution in [-0.2, 0) is 24.7 Å². The van der Waals surface area contributed by atoms with Crippen LogP contribution in [0.2, 0.25) is 0 Å². The van der Waals surface area contributed by atoms with Crippen molar-refractivity contribution < 1.29 is 32.1 Å². The van der Waals surface area contributed by atoms with Crippen LogP contribution in [0.4, 0.5) is 4.79 Å². The number of piperazine rings is 1. The van der Waals surface area contributed by atoms with E-state index in [0.29, 0.717) is 11.4 Å². The summed E-state index contributed by atoms with van der Waals surface area (Å²) < 4.78 is 30.4. The summed E-state index contributed by atoms with van der Waals surface area (Å²) in [5, 5.41) is 2.15. The monoisotopic (exact) mass is 358 g/mol. The standard InChI is InChI=1S/C10H14N4O7S.Na.H/c1-2-12-3-4-13(9(17)8(12)16)10(18)11-6-5-14(7(6)15)22(19,20)21;;/h6H,2-5H2,1H3,(H,11,18)(H,19,20,21);;. The van der Waals surface area contributed by atoms with Gasteiger partial charge in [0.1, 0.15) is 6.04 Å². The van der Waals surface area contributed by atoms with Crippen molar-refractivity contribution in [3.63, 3.8) is 0 Å². The molecule has 0 saturated carbocycles. The Labute approximate surface area is 154 Å². The molecule has 13 heteroatoms. The van der Waals surface area contributed by atoms with Crippen LogP contribution in [0.5, 0.6) is 0 Å². The molecule has 2 fully saturated rings. The van der Waals surface area contributed by atoms with Crippen molar-refractivity contribution in [2.75, 3.05) is 26.2 Å². The van der Waals surface area contributed by atoms with Crippen molar-refractivity contribution in [1.82, 2.24) is 19.4 Å². The predicted molar refractivity (Wildman–Crippen MR) is 76.7 cm³/mol. The molecule has 5 amide bonds. The number of carbonyl (C=O) groups is 4. The van der Waals surface area contributed by atoms with Gasteiger partial charge in [-0.1, -0.05) is 0 Å². The number of β-lactam (4-membered cyclic amide) rings is 1. The number of rotatable bonds is 3. The van der Waals surface area contributed by atoms with E-state index in [1.54, 1.807) is 6.92 Å². The second-order valence-electron chi connectivity index (χ2n) is 4.69. The average molecular weight is 358 g/mol. The zero-order valence-corrected chi connectivity index (χ0v) is 12.4. The van der Waals surface area contributed by atoms with Gasteiger partial charge in [-0.3, -0.25) is 23.8 Å². The number of amides is 5. The van der Waals surface area contributed by atoms with Crippen molar-refractivity contribution in [3.05, 3.63) is 0 Å². The van der Waals surface area contributed by atoms with Gasteiger partial charge in [0.25, 0.3) is 5.91 Å². The van der Waals surface area contributed by atoms with Crippen LogP contribution in [0.25, 0.3) is 0 Å². The van der Waals surface area contributed by atoms with E-state index in [-0.39, 0.29) is 47.0 Å². The second-order valence-corrected chi connectivity index (χ2v) is 6.03. The number of carbonyl (C=O) groups excluding carboxylic acids is 4. The van der Waals surface area contributed by atoms with Crippen LogP contribution in [-0.4, -0.2) is 113 Å². The number of imide groups is 1. The van der Waals surface area contributed by atoms with Crippen molar-refractivity contribution >= 4 is 63.6 Å². The number of likely N-dealkylation sites (N-methyl/N-ethyl adjacent to an activating group) is 1. The van der Waals surface area contributed by atoms with Crippen molar-refractivity contribution in [1.29, 1.82) is 0 Å². The van der Waals surface area contributed by atoms with E-state index in [1.165, 1.54) is 4.90 Å². The summed E-state index contributed by atoms with van der Waals surface area (Å²) in [6, 6.07) is -2.12. The molecule has 2 aliphatic heterocycles. The molecule has 0 aromatic heterocycles. The molecule has 2 heterocycles. The molecular formula is C10H15N4NaO7S. The molecule has 0 radical (unpaired) electrons. The number of hydrogen-bond acceptors (Lipinski definition) is 6. The summed E-state index contributed by atoms with van der Waals surface area (Å²) in [6.45, 7) is 1.76. The third-order valence-electron chi connectivity index (χ3n) is 3.40. The molecule has 0 aromatic carbocycles. The zero-order chi connectivity index (χ0) is 16.7. The van der Waals surface area contributed by atoms with Crippen molar-refractivity contribution in [3.8, 4) is 0 Å². The Hall–Kier alpha value is -1.21. The molecule has 2 saturated heterocycles. The van der Waals surface area contributed by atoms with E-state index >= 15 is 0 Å². The van der Waals surface area contributed by atoms with Crippen LogP contribution >= 0.6 is 0 Å². The summed E-state index contributed by atoms with van der Waals surface area (Å²) in [5.74, 6) is -2.84. The normalized spacial score (nSPS) is 21.7. The van der Waals surface area contributed by atoms with Crippen LogP contribution in [0.15, 0.2) is 0 Å². The molecule has 2 aliphatic rings. The molecule has 0 aliphatic carbocycles. The molecule has 1 atom stereocenters. The van der Waals surface area contributed by atoms with Gasteiger partial charge in [-0.25, -0.2) is 9.10 Å². The third kappa shape index (κ3) is 3.83. The minimum atomic E-state index is -4.65. The van der Waals surface area contributed by atoms with Gasteiger partial charge in [-0.05, 0) is 6.92 Å². The molecule has 0 aromatic rings. The molecule has 0 bridgehead atoms. The quantitative estimate of drug-likeness (QED) is 0.233. The van der Waals surface area contributed by atoms with E-state index in [4.69, 9.17) is 4.55 Å².